The van der Waals surface area contributed by atoms with E-state index in [0.29, 0.717) is 6.54 Å². The first-order valence-corrected chi connectivity index (χ1v) is 5.21. The highest BCUT2D eigenvalue weighted by atomic mass is 15.2. The Bertz CT molecular complexity index is 299. The summed E-state index contributed by atoms with van der Waals surface area (Å²) in [4.78, 5) is 4.27. The molecule has 3 N–H and O–H groups in total. The Kier molecular flexibility index (Phi) is 2.46. The molecule has 0 spiro atoms. The fraction of sp³-hybridized carbons (Fsp3) is 0.700. The molecule has 0 bridgehead atoms. The highest BCUT2D eigenvalue weighted by Gasteiger charge is 2.32. The van der Waals surface area contributed by atoms with Crippen LogP contribution < -0.4 is 11.1 Å². The van der Waals surface area contributed by atoms with Crippen LogP contribution >= 0.6 is 0 Å². The summed E-state index contributed by atoms with van der Waals surface area (Å²) in [7, 11) is 1.99. The highest BCUT2D eigenvalue weighted by Crippen LogP contribution is 2.31. The largest absolute Gasteiger partial charge is 0.349 e. The molecule has 1 aromatic heterocycles. The summed E-state index contributed by atoms with van der Waals surface area (Å²) in [5.74, 6) is 0.928. The Balaban J connectivity index is 2.12. The van der Waals surface area contributed by atoms with Crippen molar-refractivity contribution in [3.8, 4) is 0 Å². The second-order valence-corrected chi connectivity index (χ2v) is 4.18. The molecular formula is C10H18N4. The summed E-state index contributed by atoms with van der Waals surface area (Å²) in [5, 5.41) is 3.48. The molecule has 0 aromatic carbocycles. The summed E-state index contributed by atoms with van der Waals surface area (Å²) in [6.45, 7) is 0.694. The number of anilines is 1. The monoisotopic (exact) mass is 194 g/mol. The first kappa shape index (κ1) is 9.52. The average molecular weight is 194 g/mol. The summed E-state index contributed by atoms with van der Waals surface area (Å²) in [6.07, 6.45) is 8.62. The minimum atomic E-state index is 0.0963. The first-order valence-electron chi connectivity index (χ1n) is 5.21. The summed E-state index contributed by atoms with van der Waals surface area (Å²) < 4.78 is 2.00. The molecule has 1 fully saturated rings. The zero-order valence-corrected chi connectivity index (χ0v) is 8.66. The maximum absolute atomic E-state index is 5.84. The average Bonchev–Trinajstić information content (AvgIpc) is 2.79. The van der Waals surface area contributed by atoms with Crippen molar-refractivity contribution in [1.82, 2.24) is 9.55 Å². The fourth-order valence-corrected chi connectivity index (χ4v) is 2.16. The lowest BCUT2D eigenvalue weighted by atomic mass is 9.98. The van der Waals surface area contributed by atoms with Crippen LogP contribution in [0.1, 0.15) is 25.7 Å². The van der Waals surface area contributed by atoms with E-state index in [-0.39, 0.29) is 5.54 Å². The number of aryl methyl sites for hydroxylation is 1. The molecule has 1 aromatic rings. The molecule has 0 aliphatic heterocycles. The second-order valence-electron chi connectivity index (χ2n) is 4.18. The van der Waals surface area contributed by atoms with Gasteiger partial charge < -0.3 is 15.6 Å². The summed E-state index contributed by atoms with van der Waals surface area (Å²) >= 11 is 0. The molecule has 1 aliphatic carbocycles. The fourth-order valence-electron chi connectivity index (χ4n) is 2.16. The molecule has 0 unspecified atom stereocenters. The van der Waals surface area contributed by atoms with Gasteiger partial charge in [0.2, 0.25) is 5.95 Å². The number of hydrogen-bond acceptors (Lipinski definition) is 3. The van der Waals surface area contributed by atoms with E-state index < -0.39 is 0 Å². The van der Waals surface area contributed by atoms with Gasteiger partial charge in [-0.25, -0.2) is 4.98 Å². The minimum Gasteiger partial charge on any atom is -0.349 e. The number of hydrogen-bond donors (Lipinski definition) is 2. The van der Waals surface area contributed by atoms with Gasteiger partial charge in [-0.05, 0) is 12.8 Å². The van der Waals surface area contributed by atoms with Gasteiger partial charge in [-0.1, -0.05) is 12.8 Å². The lowest BCUT2D eigenvalue weighted by molar-refractivity contribution is 0.486. The van der Waals surface area contributed by atoms with Crippen molar-refractivity contribution in [1.29, 1.82) is 0 Å². The predicted octanol–water partition coefficient (Wildman–Crippen LogP) is 1.10. The summed E-state index contributed by atoms with van der Waals surface area (Å²) in [5.41, 5.74) is 5.93. The van der Waals surface area contributed by atoms with E-state index in [2.05, 4.69) is 10.3 Å². The zero-order valence-electron chi connectivity index (χ0n) is 8.66. The molecule has 1 heterocycles. The van der Waals surface area contributed by atoms with Gasteiger partial charge in [-0.15, -0.1) is 0 Å². The Hall–Kier alpha value is -1.03. The van der Waals surface area contributed by atoms with Gasteiger partial charge in [0.25, 0.3) is 0 Å². The number of nitrogens with one attached hydrogen (secondary N) is 1. The molecule has 78 valence electrons. The lowest BCUT2D eigenvalue weighted by Gasteiger charge is -2.29. The van der Waals surface area contributed by atoms with Crippen molar-refractivity contribution < 1.29 is 0 Å². The smallest absolute Gasteiger partial charge is 0.202 e. The standard InChI is InChI=1S/C10H18N4/c1-14-7-6-12-9(14)13-10(8-11)4-2-3-5-10/h6-7H,2-5,8,11H2,1H3,(H,12,13). The van der Waals surface area contributed by atoms with E-state index in [1.165, 1.54) is 12.8 Å². The predicted molar refractivity (Wildman–Crippen MR) is 57.1 cm³/mol. The number of nitrogens with two attached hydrogens (primary N) is 1. The van der Waals surface area contributed by atoms with Crippen LogP contribution in [0, 0.1) is 0 Å². The molecule has 4 nitrogen and oxygen atoms in total. The van der Waals surface area contributed by atoms with Crippen LogP contribution in [0.2, 0.25) is 0 Å². The third kappa shape index (κ3) is 1.62. The van der Waals surface area contributed by atoms with Crippen LogP contribution in [0.15, 0.2) is 12.4 Å². The van der Waals surface area contributed by atoms with Gasteiger partial charge in [-0.2, -0.15) is 0 Å². The van der Waals surface area contributed by atoms with Crippen molar-refractivity contribution >= 4 is 5.95 Å². The summed E-state index contributed by atoms with van der Waals surface area (Å²) in [6, 6.07) is 0. The van der Waals surface area contributed by atoms with Gasteiger partial charge >= 0.3 is 0 Å². The van der Waals surface area contributed by atoms with E-state index in [0.717, 1.165) is 18.8 Å². The lowest BCUT2D eigenvalue weighted by Crippen LogP contribution is -2.43. The molecule has 0 amide bonds. The van der Waals surface area contributed by atoms with E-state index in [4.69, 9.17) is 5.73 Å². The number of rotatable bonds is 3. The number of aromatic nitrogens is 2. The highest BCUT2D eigenvalue weighted by molar-refractivity contribution is 5.31. The topological polar surface area (TPSA) is 55.9 Å². The maximum Gasteiger partial charge on any atom is 0.202 e. The van der Waals surface area contributed by atoms with Gasteiger partial charge in [0, 0.05) is 26.0 Å². The molecule has 4 heteroatoms. The normalized spacial score (nSPS) is 19.9. The Morgan fingerprint density at radius 2 is 2.29 bits per heavy atom. The van der Waals surface area contributed by atoms with Gasteiger partial charge in [-0.3, -0.25) is 0 Å². The third-order valence-electron chi connectivity index (χ3n) is 3.15. The Morgan fingerprint density at radius 1 is 1.57 bits per heavy atom. The van der Waals surface area contributed by atoms with Crippen LogP contribution in [0.5, 0.6) is 0 Å². The molecule has 2 rings (SSSR count). The van der Waals surface area contributed by atoms with Crippen LogP contribution in [-0.2, 0) is 7.05 Å². The Morgan fingerprint density at radius 3 is 2.79 bits per heavy atom. The van der Waals surface area contributed by atoms with Gasteiger partial charge in [0.1, 0.15) is 0 Å². The minimum absolute atomic E-state index is 0.0963. The molecule has 14 heavy (non-hydrogen) atoms. The van der Waals surface area contributed by atoms with Crippen LogP contribution in [-0.4, -0.2) is 21.6 Å². The van der Waals surface area contributed by atoms with Crippen molar-refractivity contribution in [2.75, 3.05) is 11.9 Å². The van der Waals surface area contributed by atoms with E-state index in [1.807, 2.05) is 24.0 Å². The van der Waals surface area contributed by atoms with Crippen LogP contribution in [0.4, 0.5) is 5.95 Å². The molecule has 0 saturated heterocycles. The molecule has 1 saturated carbocycles. The number of nitrogens with zero attached hydrogens (tertiary/aromatic N) is 2. The molecule has 0 radical (unpaired) electrons. The molecular weight excluding hydrogens is 176 g/mol. The number of imidazole rings is 1. The van der Waals surface area contributed by atoms with E-state index in [1.54, 1.807) is 0 Å². The van der Waals surface area contributed by atoms with E-state index >= 15 is 0 Å². The molecule has 1 aliphatic rings. The third-order valence-corrected chi connectivity index (χ3v) is 3.15. The van der Waals surface area contributed by atoms with Crippen molar-refractivity contribution in [3.63, 3.8) is 0 Å². The first-order chi connectivity index (χ1) is 6.76. The quantitative estimate of drug-likeness (QED) is 0.757. The Labute approximate surface area is 84.5 Å². The zero-order chi connectivity index (χ0) is 10.0. The van der Waals surface area contributed by atoms with Crippen molar-refractivity contribution in [2.45, 2.75) is 31.2 Å². The van der Waals surface area contributed by atoms with Gasteiger partial charge in [0.15, 0.2) is 0 Å². The molecule has 0 atom stereocenters. The second kappa shape index (κ2) is 3.61. The maximum atomic E-state index is 5.84. The SMILES string of the molecule is Cn1ccnc1NC1(CN)CCCC1. The van der Waals surface area contributed by atoms with Gasteiger partial charge in [0.05, 0.1) is 5.54 Å². The van der Waals surface area contributed by atoms with Crippen molar-refractivity contribution in [3.05, 3.63) is 12.4 Å². The van der Waals surface area contributed by atoms with Crippen LogP contribution in [0.25, 0.3) is 0 Å². The van der Waals surface area contributed by atoms with E-state index in [9.17, 15) is 0 Å². The van der Waals surface area contributed by atoms with Crippen LogP contribution in [0.3, 0.4) is 0 Å². The van der Waals surface area contributed by atoms with Crippen molar-refractivity contribution in [2.24, 2.45) is 12.8 Å².